The quantitative estimate of drug-likeness (QED) is 0.278. The number of rotatable bonds is 9. The predicted octanol–water partition coefficient (Wildman–Crippen LogP) is 4.27. The largest absolute Gasteiger partial charge is 0.496 e. The fraction of sp³-hybridized carbons (Fsp3) is 0.308. The van der Waals surface area contributed by atoms with Gasteiger partial charge >= 0.3 is 0 Å². The molecule has 0 atom stereocenters. The molecule has 2 heterocycles. The summed E-state index contributed by atoms with van der Waals surface area (Å²) in [5, 5.41) is 7.94. The van der Waals surface area contributed by atoms with Gasteiger partial charge in [0.15, 0.2) is 10.7 Å². The minimum atomic E-state index is -0.192. The SMILES string of the molecule is CCc1ccccc1NC(=O)CSc1nc2c(C)nn(CC)c2c(=O)n1Cc1ccccc1OC. The Morgan fingerprint density at radius 1 is 1.09 bits per heavy atom. The second-order valence-corrected chi connectivity index (χ2v) is 8.99. The monoisotopic (exact) mass is 491 g/mol. The summed E-state index contributed by atoms with van der Waals surface area (Å²) in [5.41, 5.74) is 4.24. The van der Waals surface area contributed by atoms with Crippen LogP contribution in [0.2, 0.25) is 0 Å². The van der Waals surface area contributed by atoms with E-state index in [2.05, 4.69) is 10.4 Å². The summed E-state index contributed by atoms with van der Waals surface area (Å²) >= 11 is 1.24. The van der Waals surface area contributed by atoms with Gasteiger partial charge in [-0.15, -0.1) is 0 Å². The van der Waals surface area contributed by atoms with Crippen molar-refractivity contribution in [2.24, 2.45) is 0 Å². The number of benzene rings is 2. The molecule has 0 aliphatic heterocycles. The van der Waals surface area contributed by atoms with Crippen LogP contribution in [-0.2, 0) is 24.3 Å². The number of nitrogens with one attached hydrogen (secondary N) is 1. The average molecular weight is 492 g/mol. The molecule has 4 aromatic rings. The van der Waals surface area contributed by atoms with Gasteiger partial charge in [0.2, 0.25) is 5.91 Å². The molecule has 2 aromatic carbocycles. The van der Waals surface area contributed by atoms with Gasteiger partial charge in [-0.05, 0) is 38.0 Å². The van der Waals surface area contributed by atoms with E-state index in [0.717, 1.165) is 23.2 Å². The zero-order chi connectivity index (χ0) is 24.9. The standard InChI is InChI=1S/C26H29N5O3S/c1-5-18-11-7-9-13-20(18)27-22(32)16-35-26-28-23-17(3)29-31(6-2)24(23)25(33)30(26)15-19-12-8-10-14-21(19)34-4/h7-14H,5-6,15-16H2,1-4H3,(H,27,32). The molecule has 0 bridgehead atoms. The van der Waals surface area contributed by atoms with Crippen LogP contribution in [0.5, 0.6) is 5.75 Å². The summed E-state index contributed by atoms with van der Waals surface area (Å²) in [6.45, 7) is 6.66. The zero-order valence-corrected chi connectivity index (χ0v) is 21.2. The number of thioether (sulfide) groups is 1. The third kappa shape index (κ3) is 5.09. The number of hydrogen-bond acceptors (Lipinski definition) is 6. The molecule has 0 spiro atoms. The Balaban J connectivity index is 1.70. The zero-order valence-electron chi connectivity index (χ0n) is 20.4. The highest BCUT2D eigenvalue weighted by Crippen LogP contribution is 2.24. The fourth-order valence-electron chi connectivity index (χ4n) is 4.04. The number of carbonyl (C=O) groups is 1. The van der Waals surface area contributed by atoms with Crippen molar-refractivity contribution < 1.29 is 9.53 Å². The lowest BCUT2D eigenvalue weighted by atomic mass is 10.1. The van der Waals surface area contributed by atoms with Crippen LogP contribution in [-0.4, -0.2) is 38.1 Å². The lowest BCUT2D eigenvalue weighted by molar-refractivity contribution is -0.113. The Hall–Kier alpha value is -3.59. The van der Waals surface area contributed by atoms with Gasteiger partial charge in [-0.3, -0.25) is 18.8 Å². The molecule has 0 saturated carbocycles. The number of nitrogens with zero attached hydrogens (tertiary/aromatic N) is 4. The molecule has 1 amide bonds. The van der Waals surface area contributed by atoms with Crippen LogP contribution in [0.4, 0.5) is 5.69 Å². The third-order valence-corrected chi connectivity index (χ3v) is 6.78. The first kappa shape index (κ1) is 24.5. The smallest absolute Gasteiger partial charge is 0.280 e. The lowest BCUT2D eigenvalue weighted by Gasteiger charge is -2.15. The van der Waals surface area contributed by atoms with Crippen LogP contribution in [0, 0.1) is 6.92 Å². The van der Waals surface area contributed by atoms with E-state index in [0.29, 0.717) is 34.2 Å². The number of carbonyl (C=O) groups excluding carboxylic acids is 1. The summed E-state index contributed by atoms with van der Waals surface area (Å²) in [6, 6.07) is 15.3. The van der Waals surface area contributed by atoms with Gasteiger partial charge in [0, 0.05) is 17.8 Å². The molecule has 0 saturated heterocycles. The van der Waals surface area contributed by atoms with Crippen molar-refractivity contribution in [1.82, 2.24) is 19.3 Å². The van der Waals surface area contributed by atoms with Crippen molar-refractivity contribution in [3.63, 3.8) is 0 Å². The highest BCUT2D eigenvalue weighted by atomic mass is 32.2. The van der Waals surface area contributed by atoms with Crippen molar-refractivity contribution in [3.8, 4) is 5.75 Å². The van der Waals surface area contributed by atoms with E-state index in [-0.39, 0.29) is 23.8 Å². The highest BCUT2D eigenvalue weighted by Gasteiger charge is 2.20. The summed E-state index contributed by atoms with van der Waals surface area (Å²) in [4.78, 5) is 31.3. The molecule has 0 aliphatic carbocycles. The average Bonchev–Trinajstić information content (AvgIpc) is 3.20. The molecule has 0 fully saturated rings. The van der Waals surface area contributed by atoms with Crippen LogP contribution < -0.4 is 15.6 Å². The van der Waals surface area contributed by atoms with Gasteiger partial charge in [-0.1, -0.05) is 55.1 Å². The maximum absolute atomic E-state index is 13.7. The Labute approximate surface area is 208 Å². The molecule has 0 unspecified atom stereocenters. The van der Waals surface area contributed by atoms with Crippen molar-refractivity contribution in [2.75, 3.05) is 18.2 Å². The molecule has 0 radical (unpaired) electrons. The number of aromatic nitrogens is 4. The minimum Gasteiger partial charge on any atom is -0.496 e. The van der Waals surface area contributed by atoms with Crippen LogP contribution in [0.25, 0.3) is 11.0 Å². The third-order valence-electron chi connectivity index (χ3n) is 5.81. The van der Waals surface area contributed by atoms with Crippen molar-refractivity contribution in [1.29, 1.82) is 0 Å². The minimum absolute atomic E-state index is 0.114. The molecule has 9 heteroatoms. The number of methoxy groups -OCH3 is 1. The summed E-state index contributed by atoms with van der Waals surface area (Å²) in [6.07, 6.45) is 0.820. The van der Waals surface area contributed by atoms with Gasteiger partial charge in [0.25, 0.3) is 5.56 Å². The van der Waals surface area contributed by atoms with Gasteiger partial charge in [0.1, 0.15) is 11.3 Å². The number of amides is 1. The first-order chi connectivity index (χ1) is 17.0. The van der Waals surface area contributed by atoms with E-state index in [4.69, 9.17) is 9.72 Å². The normalized spacial score (nSPS) is 11.1. The molecule has 2 aromatic heterocycles. The molecule has 1 N–H and O–H groups in total. The summed E-state index contributed by atoms with van der Waals surface area (Å²) in [5.74, 6) is 0.641. The second-order valence-electron chi connectivity index (χ2n) is 8.04. The van der Waals surface area contributed by atoms with Crippen LogP contribution in [0.3, 0.4) is 0 Å². The van der Waals surface area contributed by atoms with Crippen LogP contribution in [0.1, 0.15) is 30.7 Å². The topological polar surface area (TPSA) is 91.0 Å². The van der Waals surface area contributed by atoms with Gasteiger partial charge in [0.05, 0.1) is 25.1 Å². The molecular weight excluding hydrogens is 462 g/mol. The first-order valence-corrected chi connectivity index (χ1v) is 12.6. The van der Waals surface area contributed by atoms with Crippen molar-refractivity contribution >= 4 is 34.4 Å². The number of hydrogen-bond donors (Lipinski definition) is 1. The van der Waals surface area contributed by atoms with E-state index in [1.165, 1.54) is 11.8 Å². The van der Waals surface area contributed by atoms with Crippen LogP contribution in [0.15, 0.2) is 58.5 Å². The lowest BCUT2D eigenvalue weighted by Crippen LogP contribution is -2.26. The molecule has 8 nitrogen and oxygen atoms in total. The number of para-hydroxylation sites is 2. The number of ether oxygens (including phenoxy) is 1. The summed E-state index contributed by atoms with van der Waals surface area (Å²) < 4.78 is 8.78. The molecular formula is C26H29N5O3S. The first-order valence-electron chi connectivity index (χ1n) is 11.6. The second kappa shape index (κ2) is 10.8. The van der Waals surface area contributed by atoms with E-state index in [9.17, 15) is 9.59 Å². The Morgan fingerprint density at radius 2 is 1.80 bits per heavy atom. The Kier molecular flexibility index (Phi) is 7.55. The van der Waals surface area contributed by atoms with E-state index in [1.54, 1.807) is 16.4 Å². The highest BCUT2D eigenvalue weighted by molar-refractivity contribution is 7.99. The van der Waals surface area contributed by atoms with Crippen molar-refractivity contribution in [3.05, 3.63) is 75.7 Å². The van der Waals surface area contributed by atoms with E-state index >= 15 is 0 Å². The van der Waals surface area contributed by atoms with Gasteiger partial charge in [-0.25, -0.2) is 4.98 Å². The number of fused-ring (bicyclic) bond motifs is 1. The molecule has 35 heavy (non-hydrogen) atoms. The number of aryl methyl sites for hydroxylation is 3. The van der Waals surface area contributed by atoms with E-state index in [1.807, 2.05) is 69.3 Å². The molecule has 182 valence electrons. The Bertz CT molecular complexity index is 1430. The molecule has 4 rings (SSSR count). The number of anilines is 1. The maximum Gasteiger partial charge on any atom is 0.280 e. The Morgan fingerprint density at radius 3 is 2.51 bits per heavy atom. The van der Waals surface area contributed by atoms with Gasteiger partial charge in [-0.2, -0.15) is 5.10 Å². The van der Waals surface area contributed by atoms with E-state index < -0.39 is 0 Å². The predicted molar refractivity (Wildman–Crippen MR) is 139 cm³/mol. The maximum atomic E-state index is 13.7. The fourth-order valence-corrected chi connectivity index (χ4v) is 4.83. The molecule has 0 aliphatic rings. The van der Waals surface area contributed by atoms with Gasteiger partial charge < -0.3 is 10.1 Å². The van der Waals surface area contributed by atoms with Crippen molar-refractivity contribution in [2.45, 2.75) is 45.4 Å². The van der Waals surface area contributed by atoms with Crippen LogP contribution >= 0.6 is 11.8 Å². The summed E-state index contributed by atoms with van der Waals surface area (Å²) in [7, 11) is 1.60.